The summed E-state index contributed by atoms with van der Waals surface area (Å²) < 4.78 is 18.0. The van der Waals surface area contributed by atoms with Crippen LogP contribution in [0.1, 0.15) is 10.4 Å². The molecule has 160 valence electrons. The van der Waals surface area contributed by atoms with Gasteiger partial charge in [-0.15, -0.1) is 0 Å². The summed E-state index contributed by atoms with van der Waals surface area (Å²) in [7, 11) is 3.33. The summed E-state index contributed by atoms with van der Waals surface area (Å²) in [5.74, 6) is 1.62. The number of methoxy groups -OCH3 is 1. The van der Waals surface area contributed by atoms with Gasteiger partial charge in [-0.25, -0.2) is 0 Å². The van der Waals surface area contributed by atoms with E-state index in [-0.39, 0.29) is 18.1 Å². The van der Waals surface area contributed by atoms with Gasteiger partial charge in [-0.05, 0) is 42.0 Å². The summed E-state index contributed by atoms with van der Waals surface area (Å²) >= 11 is 0. The van der Waals surface area contributed by atoms with E-state index in [9.17, 15) is 9.59 Å². The summed E-state index contributed by atoms with van der Waals surface area (Å²) in [5, 5.41) is 3.49. The minimum atomic E-state index is -0.380. The Morgan fingerprint density at radius 2 is 1.75 bits per heavy atom. The summed E-state index contributed by atoms with van der Waals surface area (Å²) in [4.78, 5) is 26.8. The van der Waals surface area contributed by atoms with Crippen LogP contribution in [0, 0.1) is 0 Å². The molecule has 0 aliphatic carbocycles. The number of fused-ring (bicyclic) bond motifs is 2. The molecule has 0 spiro atoms. The molecule has 3 aromatic carbocycles. The maximum absolute atomic E-state index is 13.6. The van der Waals surface area contributed by atoms with Crippen molar-refractivity contribution in [3.8, 4) is 28.4 Å². The zero-order valence-corrected chi connectivity index (χ0v) is 17.5. The molecule has 4 aromatic rings. The van der Waals surface area contributed by atoms with E-state index in [1.165, 1.54) is 7.11 Å². The van der Waals surface area contributed by atoms with Crippen molar-refractivity contribution in [2.24, 2.45) is 7.05 Å². The summed E-state index contributed by atoms with van der Waals surface area (Å²) in [6.45, 7) is 0.131. The number of ether oxygens (including phenoxy) is 3. The lowest BCUT2D eigenvalue weighted by molar-refractivity contribution is 0.102. The third-order valence-corrected chi connectivity index (χ3v) is 5.55. The Morgan fingerprint density at radius 1 is 1.00 bits per heavy atom. The average Bonchev–Trinajstić information content (AvgIpc) is 3.30. The first-order chi connectivity index (χ1) is 15.6. The number of amides is 1. The van der Waals surface area contributed by atoms with Gasteiger partial charge in [0.25, 0.3) is 5.91 Å². The number of rotatable bonds is 4. The van der Waals surface area contributed by atoms with Crippen molar-refractivity contribution in [2.45, 2.75) is 0 Å². The van der Waals surface area contributed by atoms with Crippen LogP contribution in [0.4, 0.5) is 5.82 Å². The molecule has 0 saturated heterocycles. The SMILES string of the molecule is COc1ccccc1C(=O)Nc1c(-c2ccc3c(c2)OCO3)c(=O)c2ccccc2n1C. The molecule has 32 heavy (non-hydrogen) atoms. The van der Waals surface area contributed by atoms with Crippen LogP contribution in [-0.2, 0) is 7.05 Å². The van der Waals surface area contributed by atoms with Crippen molar-refractivity contribution in [2.75, 3.05) is 19.2 Å². The third-order valence-electron chi connectivity index (χ3n) is 5.55. The van der Waals surface area contributed by atoms with Crippen LogP contribution in [0.3, 0.4) is 0 Å². The number of benzene rings is 3. The highest BCUT2D eigenvalue weighted by Gasteiger charge is 2.23. The first-order valence-corrected chi connectivity index (χ1v) is 10.0. The van der Waals surface area contributed by atoms with Crippen molar-refractivity contribution in [1.29, 1.82) is 0 Å². The van der Waals surface area contributed by atoms with Gasteiger partial charge in [0.1, 0.15) is 11.6 Å². The Bertz CT molecular complexity index is 1420. The molecule has 0 unspecified atom stereocenters. The standard InChI is InChI=1S/C25H20N2O5/c1-27-18-9-5-3-7-16(18)23(28)22(15-11-12-20-21(13-15)32-14-31-20)24(27)26-25(29)17-8-4-6-10-19(17)30-2/h3-13H,14H2,1-2H3,(H,26,29). The van der Waals surface area contributed by atoms with Crippen LogP contribution in [0.25, 0.3) is 22.0 Å². The van der Waals surface area contributed by atoms with Crippen molar-refractivity contribution >= 4 is 22.6 Å². The highest BCUT2D eigenvalue weighted by molar-refractivity contribution is 6.08. The fourth-order valence-electron chi connectivity index (χ4n) is 3.96. The van der Waals surface area contributed by atoms with Crippen LogP contribution in [0.15, 0.2) is 71.5 Å². The molecule has 1 aliphatic rings. The second-order valence-electron chi connectivity index (χ2n) is 7.35. The summed E-state index contributed by atoms with van der Waals surface area (Å²) in [6.07, 6.45) is 0. The van der Waals surface area contributed by atoms with Gasteiger partial charge in [0.15, 0.2) is 16.9 Å². The number of hydrogen-bond acceptors (Lipinski definition) is 5. The summed E-state index contributed by atoms with van der Waals surface area (Å²) in [6, 6.07) is 19.5. The molecule has 0 atom stereocenters. The molecule has 0 saturated carbocycles. The third kappa shape index (κ3) is 3.15. The molecule has 5 rings (SSSR count). The number of aryl methyl sites for hydroxylation is 1. The molecule has 1 aromatic heterocycles. The largest absolute Gasteiger partial charge is 0.496 e. The molecule has 1 amide bonds. The highest BCUT2D eigenvalue weighted by Crippen LogP contribution is 2.38. The fourth-order valence-corrected chi connectivity index (χ4v) is 3.96. The van der Waals surface area contributed by atoms with Crippen LogP contribution >= 0.6 is 0 Å². The highest BCUT2D eigenvalue weighted by atomic mass is 16.7. The minimum Gasteiger partial charge on any atom is -0.496 e. The Labute approximate surface area is 183 Å². The number of carbonyl (C=O) groups excluding carboxylic acids is 1. The van der Waals surface area contributed by atoms with E-state index in [0.29, 0.717) is 50.7 Å². The van der Waals surface area contributed by atoms with Gasteiger partial charge in [0, 0.05) is 12.4 Å². The quantitative estimate of drug-likeness (QED) is 0.527. The maximum atomic E-state index is 13.6. The Morgan fingerprint density at radius 3 is 2.59 bits per heavy atom. The van der Waals surface area contributed by atoms with Crippen LogP contribution in [0.5, 0.6) is 17.2 Å². The molecule has 0 bridgehead atoms. The van der Waals surface area contributed by atoms with Crippen molar-refractivity contribution in [3.05, 3.63) is 82.5 Å². The van der Waals surface area contributed by atoms with Gasteiger partial charge in [-0.2, -0.15) is 0 Å². The lowest BCUT2D eigenvalue weighted by Gasteiger charge is -2.19. The van der Waals surface area contributed by atoms with Gasteiger partial charge in [-0.1, -0.05) is 30.3 Å². The van der Waals surface area contributed by atoms with E-state index < -0.39 is 0 Å². The van der Waals surface area contributed by atoms with Crippen molar-refractivity contribution < 1.29 is 19.0 Å². The molecule has 7 nitrogen and oxygen atoms in total. The maximum Gasteiger partial charge on any atom is 0.260 e. The summed E-state index contributed by atoms with van der Waals surface area (Å²) in [5.41, 5.74) is 1.88. The predicted octanol–water partition coefficient (Wildman–Crippen LogP) is 4.20. The molecular weight excluding hydrogens is 408 g/mol. The second-order valence-corrected chi connectivity index (χ2v) is 7.35. The normalized spacial score (nSPS) is 12.1. The van der Waals surface area contributed by atoms with E-state index in [0.717, 1.165) is 0 Å². The van der Waals surface area contributed by atoms with Crippen molar-refractivity contribution in [3.63, 3.8) is 0 Å². The first kappa shape index (κ1) is 19.7. The number of pyridine rings is 1. The van der Waals surface area contributed by atoms with Gasteiger partial charge in [0.05, 0.1) is 23.8 Å². The van der Waals surface area contributed by atoms with E-state index in [4.69, 9.17) is 14.2 Å². The number of anilines is 1. The second kappa shape index (κ2) is 7.77. The topological polar surface area (TPSA) is 78.8 Å². The Hall–Kier alpha value is -4.26. The molecule has 0 radical (unpaired) electrons. The molecule has 1 N–H and O–H groups in total. The van der Waals surface area contributed by atoms with Crippen LogP contribution in [-0.4, -0.2) is 24.4 Å². The lowest BCUT2D eigenvalue weighted by Crippen LogP contribution is -2.21. The van der Waals surface area contributed by atoms with Gasteiger partial charge in [0.2, 0.25) is 6.79 Å². The van der Waals surface area contributed by atoms with E-state index in [2.05, 4.69) is 5.32 Å². The Balaban J connectivity index is 1.72. The van der Waals surface area contributed by atoms with E-state index >= 15 is 0 Å². The molecular formula is C25H20N2O5. The predicted molar refractivity (Wildman–Crippen MR) is 122 cm³/mol. The first-order valence-electron chi connectivity index (χ1n) is 10.0. The zero-order chi connectivity index (χ0) is 22.2. The van der Waals surface area contributed by atoms with Gasteiger partial charge < -0.3 is 24.1 Å². The van der Waals surface area contributed by atoms with Gasteiger partial charge in [-0.3, -0.25) is 9.59 Å². The van der Waals surface area contributed by atoms with E-state index in [1.54, 1.807) is 48.5 Å². The minimum absolute atomic E-state index is 0.131. The molecule has 2 heterocycles. The number of carbonyl (C=O) groups is 1. The number of nitrogens with zero attached hydrogens (tertiary/aromatic N) is 1. The van der Waals surface area contributed by atoms with E-state index in [1.807, 2.05) is 29.8 Å². The number of nitrogens with one attached hydrogen (secondary N) is 1. The molecule has 7 heteroatoms. The zero-order valence-electron chi connectivity index (χ0n) is 17.5. The number of para-hydroxylation sites is 2. The fraction of sp³-hybridized carbons (Fsp3) is 0.120. The average molecular weight is 428 g/mol. The van der Waals surface area contributed by atoms with Gasteiger partial charge >= 0.3 is 0 Å². The van der Waals surface area contributed by atoms with Crippen LogP contribution in [0.2, 0.25) is 0 Å². The smallest absolute Gasteiger partial charge is 0.260 e. The molecule has 1 aliphatic heterocycles. The van der Waals surface area contributed by atoms with Crippen molar-refractivity contribution in [1.82, 2.24) is 4.57 Å². The monoisotopic (exact) mass is 428 g/mol. The lowest BCUT2D eigenvalue weighted by atomic mass is 10.0. The van der Waals surface area contributed by atoms with Crippen LogP contribution < -0.4 is 25.0 Å². The molecule has 0 fully saturated rings. The number of aromatic nitrogens is 1. The number of hydrogen-bond donors (Lipinski definition) is 1. The Kier molecular flexibility index (Phi) is 4.78.